The molecule has 1 aromatic heterocycles. The van der Waals surface area contributed by atoms with E-state index in [1.54, 1.807) is 0 Å². The number of carbonyl (C=O) groups is 1. The monoisotopic (exact) mass is 428 g/mol. The van der Waals surface area contributed by atoms with E-state index < -0.39 is 40.7 Å². The number of rotatable bonds is 6. The lowest BCUT2D eigenvalue weighted by atomic mass is 9.97. The van der Waals surface area contributed by atoms with Crippen LogP contribution in [-0.2, 0) is 0 Å². The Morgan fingerprint density at radius 2 is 1.77 bits per heavy atom. The van der Waals surface area contributed by atoms with Gasteiger partial charge in [-0.2, -0.15) is 0 Å². The third-order valence-corrected chi connectivity index (χ3v) is 4.31. The fourth-order valence-electron chi connectivity index (χ4n) is 2.74. The number of nitrogens with zero attached hydrogens (tertiary/aromatic N) is 2. The van der Waals surface area contributed by atoms with Crippen LogP contribution in [0.2, 0.25) is 0 Å². The van der Waals surface area contributed by atoms with Crippen molar-refractivity contribution in [3.63, 3.8) is 0 Å². The summed E-state index contributed by atoms with van der Waals surface area (Å²) in [6.45, 7) is 1.51. The third-order valence-electron chi connectivity index (χ3n) is 4.31. The van der Waals surface area contributed by atoms with Gasteiger partial charge in [0.1, 0.15) is 40.3 Å². The van der Waals surface area contributed by atoms with Crippen molar-refractivity contribution in [2.75, 3.05) is 5.32 Å². The molecule has 0 aliphatic rings. The average Bonchev–Trinajstić information content (AvgIpc) is 2.71. The van der Waals surface area contributed by atoms with Gasteiger partial charge in [-0.05, 0) is 42.8 Å². The van der Waals surface area contributed by atoms with Gasteiger partial charge in [0.05, 0.1) is 5.92 Å². The Morgan fingerprint density at radius 3 is 2.39 bits per heavy atom. The number of pyridine rings is 1. The summed E-state index contributed by atoms with van der Waals surface area (Å²) in [6, 6.07) is 8.84. The molecule has 0 bridgehead atoms. The van der Waals surface area contributed by atoms with Crippen LogP contribution < -0.4 is 5.32 Å². The standard InChI is InChI=1S/C22H16F4N4O/c1-12(27)15(11-28-19-9-14(23)6-7-16(19)24)13-5-8-20(29-10-13)30-22(31)21-17(25)3-2-4-18(21)26/h2-11,15,27H,1H3,(H,29,30,31). The minimum Gasteiger partial charge on any atom is -0.309 e. The van der Waals surface area contributed by atoms with Gasteiger partial charge < -0.3 is 10.7 Å². The fourth-order valence-corrected chi connectivity index (χ4v) is 2.74. The van der Waals surface area contributed by atoms with Gasteiger partial charge in [-0.3, -0.25) is 9.79 Å². The van der Waals surface area contributed by atoms with Gasteiger partial charge in [-0.15, -0.1) is 0 Å². The number of halogens is 4. The Kier molecular flexibility index (Phi) is 6.54. The molecule has 31 heavy (non-hydrogen) atoms. The molecule has 5 nitrogen and oxygen atoms in total. The van der Waals surface area contributed by atoms with Crippen molar-refractivity contribution in [3.05, 3.63) is 89.1 Å². The zero-order valence-electron chi connectivity index (χ0n) is 16.2. The topological polar surface area (TPSA) is 78.2 Å². The van der Waals surface area contributed by atoms with Gasteiger partial charge in [0.15, 0.2) is 0 Å². The highest BCUT2D eigenvalue weighted by atomic mass is 19.1. The first-order valence-electron chi connectivity index (χ1n) is 9.02. The summed E-state index contributed by atoms with van der Waals surface area (Å²) in [7, 11) is 0. The van der Waals surface area contributed by atoms with Gasteiger partial charge in [0, 0.05) is 24.2 Å². The molecule has 0 aliphatic heterocycles. The van der Waals surface area contributed by atoms with Crippen LogP contribution in [0.5, 0.6) is 0 Å². The molecule has 1 atom stereocenters. The first-order valence-corrected chi connectivity index (χ1v) is 9.02. The predicted molar refractivity (Wildman–Crippen MR) is 109 cm³/mol. The number of aromatic nitrogens is 1. The quantitative estimate of drug-likeness (QED) is 0.406. The molecule has 1 unspecified atom stereocenters. The molecule has 158 valence electrons. The van der Waals surface area contributed by atoms with Gasteiger partial charge in [0.25, 0.3) is 5.91 Å². The third kappa shape index (κ3) is 5.19. The van der Waals surface area contributed by atoms with Crippen LogP contribution in [0.25, 0.3) is 0 Å². The van der Waals surface area contributed by atoms with Crippen LogP contribution in [0.4, 0.5) is 29.1 Å². The predicted octanol–water partition coefficient (Wildman–Crippen LogP) is 5.42. The van der Waals surface area contributed by atoms with Crippen LogP contribution >= 0.6 is 0 Å². The largest absolute Gasteiger partial charge is 0.309 e. The fraction of sp³-hybridized carbons (Fsp3) is 0.0909. The summed E-state index contributed by atoms with van der Waals surface area (Å²) in [5, 5.41) is 10.2. The molecule has 0 saturated heterocycles. The molecule has 3 rings (SSSR count). The summed E-state index contributed by atoms with van der Waals surface area (Å²) in [5.41, 5.74) is -0.295. The van der Waals surface area contributed by atoms with Crippen LogP contribution in [0.15, 0.2) is 59.7 Å². The zero-order chi connectivity index (χ0) is 22.5. The lowest BCUT2D eigenvalue weighted by Gasteiger charge is -2.12. The van der Waals surface area contributed by atoms with E-state index >= 15 is 0 Å². The number of hydrogen-bond donors (Lipinski definition) is 2. The molecule has 0 aliphatic carbocycles. The van der Waals surface area contributed by atoms with Gasteiger partial charge >= 0.3 is 0 Å². The maximum atomic E-state index is 13.8. The number of carbonyl (C=O) groups excluding carboxylic acids is 1. The minimum atomic E-state index is -1.01. The van der Waals surface area contributed by atoms with E-state index in [0.29, 0.717) is 5.56 Å². The molecule has 0 spiro atoms. The Bertz CT molecular complexity index is 1140. The van der Waals surface area contributed by atoms with E-state index in [4.69, 9.17) is 5.41 Å². The number of anilines is 1. The first kappa shape index (κ1) is 21.8. The Balaban J connectivity index is 1.79. The number of aliphatic imine (C=N–C) groups is 1. The molecular weight excluding hydrogens is 412 g/mol. The molecule has 9 heteroatoms. The highest BCUT2D eigenvalue weighted by Crippen LogP contribution is 2.22. The van der Waals surface area contributed by atoms with E-state index in [-0.39, 0.29) is 17.2 Å². The number of benzene rings is 2. The maximum Gasteiger partial charge on any atom is 0.262 e. The smallest absolute Gasteiger partial charge is 0.262 e. The molecule has 1 amide bonds. The lowest BCUT2D eigenvalue weighted by molar-refractivity contribution is 0.101. The van der Waals surface area contributed by atoms with E-state index in [1.165, 1.54) is 31.5 Å². The van der Waals surface area contributed by atoms with E-state index in [9.17, 15) is 22.4 Å². The highest BCUT2D eigenvalue weighted by molar-refractivity contribution is 6.04. The van der Waals surface area contributed by atoms with Crippen LogP contribution in [0, 0.1) is 28.7 Å². The molecule has 0 saturated carbocycles. The Hall–Kier alpha value is -3.88. The zero-order valence-corrected chi connectivity index (χ0v) is 16.2. The molecule has 3 aromatic rings. The van der Waals surface area contributed by atoms with Gasteiger partial charge in [-0.1, -0.05) is 12.1 Å². The summed E-state index contributed by atoms with van der Waals surface area (Å²) in [6.07, 6.45) is 2.62. The van der Waals surface area contributed by atoms with Gasteiger partial charge in [-0.25, -0.2) is 22.5 Å². The van der Waals surface area contributed by atoms with Crippen LogP contribution in [0.1, 0.15) is 28.8 Å². The summed E-state index contributed by atoms with van der Waals surface area (Å²) >= 11 is 0. The van der Waals surface area contributed by atoms with Crippen molar-refractivity contribution in [1.82, 2.24) is 4.98 Å². The van der Waals surface area contributed by atoms with E-state index in [2.05, 4.69) is 15.3 Å². The van der Waals surface area contributed by atoms with Gasteiger partial charge in [0.2, 0.25) is 0 Å². The number of amides is 1. The second kappa shape index (κ2) is 9.29. The van der Waals surface area contributed by atoms with Crippen LogP contribution in [-0.4, -0.2) is 22.8 Å². The van der Waals surface area contributed by atoms with E-state index in [1.807, 2.05) is 0 Å². The Morgan fingerprint density at radius 1 is 1.06 bits per heavy atom. The molecule has 2 aromatic carbocycles. The summed E-state index contributed by atoms with van der Waals surface area (Å²) in [5.74, 6) is -5.03. The number of hydrogen-bond acceptors (Lipinski definition) is 4. The van der Waals surface area contributed by atoms with Crippen LogP contribution in [0.3, 0.4) is 0 Å². The van der Waals surface area contributed by atoms with E-state index in [0.717, 1.165) is 36.4 Å². The normalized spacial score (nSPS) is 12.0. The molecule has 0 radical (unpaired) electrons. The molecule has 2 N–H and O–H groups in total. The Labute approximate surface area is 175 Å². The highest BCUT2D eigenvalue weighted by Gasteiger charge is 2.18. The van der Waals surface area contributed by atoms with Crippen molar-refractivity contribution in [1.29, 1.82) is 5.41 Å². The SMILES string of the molecule is CC(=N)C(C=Nc1cc(F)ccc1F)c1ccc(NC(=O)c2c(F)cccc2F)nc1. The summed E-state index contributed by atoms with van der Waals surface area (Å²) in [4.78, 5) is 20.1. The van der Waals surface area contributed by atoms with Crippen molar-refractivity contribution >= 4 is 29.3 Å². The molecule has 0 fully saturated rings. The maximum absolute atomic E-state index is 13.8. The minimum absolute atomic E-state index is 0.0332. The number of nitrogens with one attached hydrogen (secondary N) is 2. The molecule has 1 heterocycles. The first-order chi connectivity index (χ1) is 14.8. The van der Waals surface area contributed by atoms with Crippen molar-refractivity contribution in [2.24, 2.45) is 4.99 Å². The average molecular weight is 428 g/mol. The summed E-state index contributed by atoms with van der Waals surface area (Å²) < 4.78 is 54.5. The lowest BCUT2D eigenvalue weighted by Crippen LogP contribution is -2.17. The molecular formula is C22H16F4N4O. The second-order valence-corrected chi connectivity index (χ2v) is 6.56. The second-order valence-electron chi connectivity index (χ2n) is 6.56. The van der Waals surface area contributed by atoms with Crippen molar-refractivity contribution < 1.29 is 22.4 Å². The van der Waals surface area contributed by atoms with Crippen molar-refractivity contribution in [3.8, 4) is 0 Å². The van der Waals surface area contributed by atoms with Crippen molar-refractivity contribution in [2.45, 2.75) is 12.8 Å².